The van der Waals surface area contributed by atoms with Crippen molar-refractivity contribution in [3.8, 4) is 0 Å². The van der Waals surface area contributed by atoms with Gasteiger partial charge in [0.2, 0.25) is 0 Å². The minimum absolute atomic E-state index is 0.0325. The fraction of sp³-hybridized carbons (Fsp3) is 0.583. The second-order valence-corrected chi connectivity index (χ2v) is 4.49. The Kier molecular flexibility index (Phi) is 4.09. The quantitative estimate of drug-likeness (QED) is 0.816. The fourth-order valence-corrected chi connectivity index (χ4v) is 2.00. The predicted molar refractivity (Wildman–Crippen MR) is 69.6 cm³/mol. The number of anilines is 1. The van der Waals surface area contributed by atoms with Gasteiger partial charge < -0.3 is 15.1 Å². The third kappa shape index (κ3) is 2.95. The van der Waals surface area contributed by atoms with E-state index in [9.17, 15) is 4.79 Å². The van der Waals surface area contributed by atoms with Crippen LogP contribution in [0.3, 0.4) is 0 Å². The molecule has 1 aromatic heterocycles. The van der Waals surface area contributed by atoms with Crippen LogP contribution in [0.5, 0.6) is 0 Å². The number of rotatable bonds is 2. The molecule has 6 nitrogen and oxygen atoms in total. The molecular weight excluding hydrogens is 230 g/mol. The Hall–Kier alpha value is -1.69. The summed E-state index contributed by atoms with van der Waals surface area (Å²) in [5, 5.41) is 2.89. The van der Waals surface area contributed by atoms with Crippen LogP contribution in [-0.2, 0) is 0 Å². The molecule has 1 saturated heterocycles. The SMILES string of the molecule is CNc1cncc(C(=O)N2CCCN(C)CC2)n1. The summed E-state index contributed by atoms with van der Waals surface area (Å²) in [5.74, 6) is 0.586. The second-order valence-electron chi connectivity index (χ2n) is 4.49. The van der Waals surface area contributed by atoms with Crippen molar-refractivity contribution in [2.24, 2.45) is 0 Å². The Morgan fingerprint density at radius 3 is 2.89 bits per heavy atom. The molecule has 1 N–H and O–H groups in total. The van der Waals surface area contributed by atoms with Crippen molar-refractivity contribution in [1.82, 2.24) is 19.8 Å². The zero-order chi connectivity index (χ0) is 13.0. The number of hydrogen-bond acceptors (Lipinski definition) is 5. The topological polar surface area (TPSA) is 61.4 Å². The molecule has 1 aromatic rings. The van der Waals surface area contributed by atoms with Gasteiger partial charge in [-0.25, -0.2) is 4.98 Å². The molecular formula is C12H19N5O. The molecule has 98 valence electrons. The molecule has 2 heterocycles. The van der Waals surface area contributed by atoms with E-state index < -0.39 is 0 Å². The summed E-state index contributed by atoms with van der Waals surface area (Å²) < 4.78 is 0. The van der Waals surface area contributed by atoms with Gasteiger partial charge in [-0.3, -0.25) is 9.78 Å². The first kappa shape index (κ1) is 12.8. The fourth-order valence-electron chi connectivity index (χ4n) is 2.00. The maximum atomic E-state index is 12.3. The lowest BCUT2D eigenvalue weighted by Gasteiger charge is -2.20. The smallest absolute Gasteiger partial charge is 0.274 e. The van der Waals surface area contributed by atoms with E-state index in [0.29, 0.717) is 11.5 Å². The lowest BCUT2D eigenvalue weighted by molar-refractivity contribution is 0.0756. The molecule has 18 heavy (non-hydrogen) atoms. The van der Waals surface area contributed by atoms with Gasteiger partial charge in [0.1, 0.15) is 11.5 Å². The number of amides is 1. The van der Waals surface area contributed by atoms with Crippen LogP contribution >= 0.6 is 0 Å². The summed E-state index contributed by atoms with van der Waals surface area (Å²) in [6.45, 7) is 3.48. The third-order valence-electron chi connectivity index (χ3n) is 3.12. The van der Waals surface area contributed by atoms with Crippen molar-refractivity contribution in [2.45, 2.75) is 6.42 Å². The molecule has 0 aliphatic carbocycles. The predicted octanol–water partition coefficient (Wildman–Crippen LogP) is 0.296. The van der Waals surface area contributed by atoms with Gasteiger partial charge >= 0.3 is 0 Å². The molecule has 6 heteroatoms. The van der Waals surface area contributed by atoms with Crippen molar-refractivity contribution >= 4 is 11.7 Å². The Morgan fingerprint density at radius 2 is 2.11 bits per heavy atom. The summed E-state index contributed by atoms with van der Waals surface area (Å²) in [5.41, 5.74) is 0.409. The van der Waals surface area contributed by atoms with Crippen molar-refractivity contribution in [1.29, 1.82) is 0 Å². The Bertz CT molecular complexity index is 423. The van der Waals surface area contributed by atoms with E-state index in [-0.39, 0.29) is 5.91 Å². The van der Waals surface area contributed by atoms with Crippen LogP contribution in [0.25, 0.3) is 0 Å². The molecule has 0 spiro atoms. The lowest BCUT2D eigenvalue weighted by atomic mass is 10.3. The highest BCUT2D eigenvalue weighted by molar-refractivity contribution is 5.92. The van der Waals surface area contributed by atoms with Crippen LogP contribution in [0.4, 0.5) is 5.82 Å². The number of carbonyl (C=O) groups is 1. The summed E-state index contributed by atoms with van der Waals surface area (Å²) in [6, 6.07) is 0. The zero-order valence-electron chi connectivity index (χ0n) is 10.9. The van der Waals surface area contributed by atoms with Crippen molar-refractivity contribution in [3.05, 3.63) is 18.1 Å². The molecule has 1 fully saturated rings. The van der Waals surface area contributed by atoms with E-state index in [4.69, 9.17) is 0 Å². The number of aromatic nitrogens is 2. The number of hydrogen-bond donors (Lipinski definition) is 1. The van der Waals surface area contributed by atoms with Crippen molar-refractivity contribution < 1.29 is 4.79 Å². The molecule has 1 aliphatic rings. The van der Waals surface area contributed by atoms with E-state index in [0.717, 1.165) is 32.6 Å². The third-order valence-corrected chi connectivity index (χ3v) is 3.12. The van der Waals surface area contributed by atoms with Crippen LogP contribution in [0.2, 0.25) is 0 Å². The molecule has 0 aromatic carbocycles. The first-order valence-corrected chi connectivity index (χ1v) is 6.18. The van der Waals surface area contributed by atoms with Gasteiger partial charge in [-0.15, -0.1) is 0 Å². The van der Waals surface area contributed by atoms with Gasteiger partial charge in [-0.2, -0.15) is 0 Å². The van der Waals surface area contributed by atoms with Crippen LogP contribution < -0.4 is 5.32 Å². The Balaban J connectivity index is 2.09. The first-order chi connectivity index (χ1) is 8.70. The minimum atomic E-state index is -0.0325. The number of carbonyl (C=O) groups excluding carboxylic acids is 1. The normalized spacial score (nSPS) is 17.3. The van der Waals surface area contributed by atoms with E-state index in [1.807, 2.05) is 4.90 Å². The Morgan fingerprint density at radius 1 is 1.28 bits per heavy atom. The molecule has 2 rings (SSSR count). The second kappa shape index (κ2) is 5.77. The number of nitrogens with zero attached hydrogens (tertiary/aromatic N) is 4. The van der Waals surface area contributed by atoms with Gasteiger partial charge in [0.15, 0.2) is 0 Å². The minimum Gasteiger partial charge on any atom is -0.372 e. The van der Waals surface area contributed by atoms with Crippen molar-refractivity contribution in [2.75, 3.05) is 45.6 Å². The van der Waals surface area contributed by atoms with Gasteiger partial charge in [0, 0.05) is 26.7 Å². The maximum Gasteiger partial charge on any atom is 0.274 e. The summed E-state index contributed by atoms with van der Waals surface area (Å²) in [7, 11) is 3.84. The number of likely N-dealkylation sites (N-methyl/N-ethyl adjacent to an activating group) is 1. The highest BCUT2D eigenvalue weighted by atomic mass is 16.2. The molecule has 1 aliphatic heterocycles. The molecule has 0 radical (unpaired) electrons. The lowest BCUT2D eigenvalue weighted by Crippen LogP contribution is -2.35. The van der Waals surface area contributed by atoms with Gasteiger partial charge in [0.05, 0.1) is 12.4 Å². The van der Waals surface area contributed by atoms with Crippen LogP contribution in [-0.4, -0.2) is 65.9 Å². The monoisotopic (exact) mass is 249 g/mol. The zero-order valence-corrected chi connectivity index (χ0v) is 10.9. The van der Waals surface area contributed by atoms with Crippen LogP contribution in [0, 0.1) is 0 Å². The van der Waals surface area contributed by atoms with Gasteiger partial charge in [-0.1, -0.05) is 0 Å². The van der Waals surface area contributed by atoms with Crippen molar-refractivity contribution in [3.63, 3.8) is 0 Å². The van der Waals surface area contributed by atoms with Gasteiger partial charge in [0.25, 0.3) is 5.91 Å². The first-order valence-electron chi connectivity index (χ1n) is 6.18. The molecule has 0 bridgehead atoms. The average molecular weight is 249 g/mol. The van der Waals surface area contributed by atoms with E-state index in [2.05, 4.69) is 27.2 Å². The highest BCUT2D eigenvalue weighted by Gasteiger charge is 2.20. The largest absolute Gasteiger partial charge is 0.372 e. The van der Waals surface area contributed by atoms with E-state index in [1.165, 1.54) is 6.20 Å². The summed E-state index contributed by atoms with van der Waals surface area (Å²) >= 11 is 0. The van der Waals surface area contributed by atoms with E-state index in [1.54, 1.807) is 13.2 Å². The standard InChI is InChI=1S/C12H19N5O/c1-13-11-9-14-8-10(15-11)12(18)17-5-3-4-16(2)6-7-17/h8-9H,3-7H2,1-2H3,(H,13,15). The highest BCUT2D eigenvalue weighted by Crippen LogP contribution is 2.08. The van der Waals surface area contributed by atoms with Crippen LogP contribution in [0.15, 0.2) is 12.4 Å². The van der Waals surface area contributed by atoms with Gasteiger partial charge in [-0.05, 0) is 20.0 Å². The molecule has 0 unspecified atom stereocenters. The van der Waals surface area contributed by atoms with E-state index >= 15 is 0 Å². The summed E-state index contributed by atoms with van der Waals surface area (Å²) in [4.78, 5) is 24.7. The van der Waals surface area contributed by atoms with Crippen LogP contribution in [0.1, 0.15) is 16.9 Å². The average Bonchev–Trinajstić information content (AvgIpc) is 2.63. The maximum absolute atomic E-state index is 12.3. The summed E-state index contributed by atoms with van der Waals surface area (Å²) in [6.07, 6.45) is 4.13. The molecule has 1 amide bonds. The molecule has 0 atom stereocenters. The molecule has 0 saturated carbocycles. The Labute approximate surface area is 107 Å². The number of nitrogens with one attached hydrogen (secondary N) is 1.